The lowest BCUT2D eigenvalue weighted by molar-refractivity contribution is -0.117. The molecule has 1 saturated heterocycles. The predicted molar refractivity (Wildman–Crippen MR) is 64.5 cm³/mol. The van der Waals surface area contributed by atoms with Crippen molar-refractivity contribution in [3.63, 3.8) is 0 Å². The number of hydrogen-bond acceptors (Lipinski definition) is 4. The SMILES string of the molecule is NC1CC(=O)N(c2nc3cc(F)ccc3s2)C1. The van der Waals surface area contributed by atoms with Crippen LogP contribution in [0.5, 0.6) is 0 Å². The molecular formula is C11H10FN3OS. The van der Waals surface area contributed by atoms with Gasteiger partial charge in [0.25, 0.3) is 0 Å². The summed E-state index contributed by atoms with van der Waals surface area (Å²) in [5.41, 5.74) is 6.31. The first-order chi connectivity index (χ1) is 8.13. The summed E-state index contributed by atoms with van der Waals surface area (Å²) in [6, 6.07) is 4.30. The number of anilines is 1. The summed E-state index contributed by atoms with van der Waals surface area (Å²) in [6.07, 6.45) is 0.351. The maximum Gasteiger partial charge on any atom is 0.230 e. The van der Waals surface area contributed by atoms with Crippen molar-refractivity contribution in [2.24, 2.45) is 5.73 Å². The second kappa shape index (κ2) is 3.75. The van der Waals surface area contributed by atoms with Gasteiger partial charge < -0.3 is 5.73 Å². The molecule has 1 fully saturated rings. The molecule has 1 aliphatic rings. The maximum atomic E-state index is 13.0. The number of thiazole rings is 1. The molecule has 88 valence electrons. The minimum atomic E-state index is -0.321. The Balaban J connectivity index is 2.03. The first-order valence-electron chi connectivity index (χ1n) is 5.25. The first-order valence-corrected chi connectivity index (χ1v) is 6.07. The van der Waals surface area contributed by atoms with E-state index in [-0.39, 0.29) is 17.8 Å². The van der Waals surface area contributed by atoms with E-state index in [2.05, 4.69) is 4.98 Å². The van der Waals surface area contributed by atoms with Gasteiger partial charge in [-0.2, -0.15) is 0 Å². The van der Waals surface area contributed by atoms with Crippen LogP contribution in [0.1, 0.15) is 6.42 Å². The number of fused-ring (bicyclic) bond motifs is 1. The Morgan fingerprint density at radius 2 is 2.35 bits per heavy atom. The van der Waals surface area contributed by atoms with Gasteiger partial charge >= 0.3 is 0 Å². The lowest BCUT2D eigenvalue weighted by Gasteiger charge is -2.10. The topological polar surface area (TPSA) is 59.2 Å². The third-order valence-electron chi connectivity index (χ3n) is 2.72. The van der Waals surface area contributed by atoms with Crippen molar-refractivity contribution >= 4 is 32.6 Å². The van der Waals surface area contributed by atoms with E-state index in [1.807, 2.05) is 0 Å². The van der Waals surface area contributed by atoms with Gasteiger partial charge in [0.1, 0.15) is 5.82 Å². The molecule has 1 amide bonds. The van der Waals surface area contributed by atoms with Crippen molar-refractivity contribution in [3.05, 3.63) is 24.0 Å². The zero-order valence-corrected chi connectivity index (χ0v) is 9.71. The molecule has 1 atom stereocenters. The molecule has 1 aromatic heterocycles. The molecule has 6 heteroatoms. The minimum Gasteiger partial charge on any atom is -0.326 e. The van der Waals surface area contributed by atoms with Gasteiger partial charge in [0.05, 0.1) is 10.2 Å². The van der Waals surface area contributed by atoms with Gasteiger partial charge in [-0.15, -0.1) is 0 Å². The Kier molecular flexibility index (Phi) is 2.34. The minimum absolute atomic E-state index is 0.0166. The summed E-state index contributed by atoms with van der Waals surface area (Å²) in [5.74, 6) is -0.337. The predicted octanol–water partition coefficient (Wildman–Crippen LogP) is 1.50. The molecule has 0 saturated carbocycles. The summed E-state index contributed by atoms with van der Waals surface area (Å²) in [5, 5.41) is 0.601. The molecule has 0 aliphatic carbocycles. The second-order valence-electron chi connectivity index (χ2n) is 4.08. The number of aromatic nitrogens is 1. The van der Waals surface area contributed by atoms with E-state index in [9.17, 15) is 9.18 Å². The fraction of sp³-hybridized carbons (Fsp3) is 0.273. The third-order valence-corrected chi connectivity index (χ3v) is 3.78. The summed E-state index contributed by atoms with van der Waals surface area (Å²) in [7, 11) is 0. The fourth-order valence-corrected chi connectivity index (χ4v) is 2.90. The van der Waals surface area contributed by atoms with Crippen LogP contribution < -0.4 is 10.6 Å². The Hall–Kier alpha value is -1.53. The molecule has 1 unspecified atom stereocenters. The van der Waals surface area contributed by atoms with E-state index < -0.39 is 0 Å². The lowest BCUT2D eigenvalue weighted by Crippen LogP contribution is -2.27. The Morgan fingerprint density at radius 1 is 1.53 bits per heavy atom. The zero-order valence-electron chi connectivity index (χ0n) is 8.89. The Morgan fingerprint density at radius 3 is 3.06 bits per heavy atom. The highest BCUT2D eigenvalue weighted by atomic mass is 32.1. The van der Waals surface area contributed by atoms with Gasteiger partial charge in [-0.3, -0.25) is 9.69 Å². The van der Waals surface area contributed by atoms with Gasteiger partial charge in [0.15, 0.2) is 5.13 Å². The molecule has 1 aromatic carbocycles. The van der Waals surface area contributed by atoms with E-state index >= 15 is 0 Å². The Labute approximate surface area is 101 Å². The van der Waals surface area contributed by atoms with Crippen molar-refractivity contribution < 1.29 is 9.18 Å². The highest BCUT2D eigenvalue weighted by Crippen LogP contribution is 2.31. The molecule has 3 rings (SSSR count). The smallest absolute Gasteiger partial charge is 0.230 e. The van der Waals surface area contributed by atoms with Crippen molar-refractivity contribution in [2.45, 2.75) is 12.5 Å². The summed E-state index contributed by atoms with van der Waals surface area (Å²) in [6.45, 7) is 0.487. The van der Waals surface area contributed by atoms with E-state index in [0.29, 0.717) is 23.6 Å². The first kappa shape index (κ1) is 10.6. The number of nitrogens with zero attached hydrogens (tertiary/aromatic N) is 2. The zero-order chi connectivity index (χ0) is 12.0. The van der Waals surface area contributed by atoms with Crippen LogP contribution in [0.3, 0.4) is 0 Å². The molecule has 0 radical (unpaired) electrons. The number of nitrogens with two attached hydrogens (primary N) is 1. The van der Waals surface area contributed by atoms with Crippen LogP contribution in [0.4, 0.5) is 9.52 Å². The number of benzene rings is 1. The summed E-state index contributed by atoms with van der Waals surface area (Å²) in [4.78, 5) is 17.5. The van der Waals surface area contributed by atoms with Gasteiger partial charge in [-0.05, 0) is 12.1 Å². The average molecular weight is 251 g/mol. The maximum absolute atomic E-state index is 13.0. The molecular weight excluding hydrogens is 241 g/mol. The lowest BCUT2D eigenvalue weighted by atomic mass is 10.3. The summed E-state index contributed by atoms with van der Waals surface area (Å²) < 4.78 is 13.9. The van der Waals surface area contributed by atoms with Gasteiger partial charge in [-0.1, -0.05) is 11.3 Å². The van der Waals surface area contributed by atoms with Gasteiger partial charge in [-0.25, -0.2) is 9.37 Å². The van der Waals surface area contributed by atoms with E-state index in [4.69, 9.17) is 5.73 Å². The fourth-order valence-electron chi connectivity index (χ4n) is 1.92. The average Bonchev–Trinajstić information content (AvgIpc) is 2.80. The van der Waals surface area contributed by atoms with Crippen molar-refractivity contribution in [1.29, 1.82) is 0 Å². The number of halogens is 1. The Bertz CT molecular complexity index is 597. The molecule has 17 heavy (non-hydrogen) atoms. The largest absolute Gasteiger partial charge is 0.326 e. The molecule has 2 N–H and O–H groups in total. The van der Waals surface area contributed by atoms with Crippen LogP contribution in [0.2, 0.25) is 0 Å². The molecule has 2 aromatic rings. The molecule has 0 bridgehead atoms. The van der Waals surface area contributed by atoms with Crippen molar-refractivity contribution in [1.82, 2.24) is 4.98 Å². The van der Waals surface area contributed by atoms with Crippen molar-refractivity contribution in [2.75, 3.05) is 11.4 Å². The number of hydrogen-bond donors (Lipinski definition) is 1. The molecule has 1 aliphatic heterocycles. The van der Waals surface area contributed by atoms with Crippen molar-refractivity contribution in [3.8, 4) is 0 Å². The van der Waals surface area contributed by atoms with E-state index in [1.54, 1.807) is 11.0 Å². The highest BCUT2D eigenvalue weighted by Gasteiger charge is 2.30. The molecule has 4 nitrogen and oxygen atoms in total. The third kappa shape index (κ3) is 1.79. The number of amides is 1. The monoisotopic (exact) mass is 251 g/mol. The van der Waals surface area contributed by atoms with E-state index in [0.717, 1.165) is 4.70 Å². The summed E-state index contributed by atoms with van der Waals surface area (Å²) >= 11 is 1.38. The standard InChI is InChI=1S/C11H10FN3OS/c12-6-1-2-9-8(3-6)14-11(17-9)15-5-7(13)4-10(15)16/h1-3,7H,4-5,13H2. The van der Waals surface area contributed by atoms with Crippen LogP contribution in [0.15, 0.2) is 18.2 Å². The normalized spacial score (nSPS) is 20.5. The van der Waals surface area contributed by atoms with Crippen LogP contribution in [0, 0.1) is 5.82 Å². The van der Waals surface area contributed by atoms with Crippen LogP contribution in [-0.2, 0) is 4.79 Å². The number of carbonyl (C=O) groups is 1. The van der Waals surface area contributed by atoms with E-state index in [1.165, 1.54) is 23.5 Å². The van der Waals surface area contributed by atoms with Crippen LogP contribution in [-0.4, -0.2) is 23.5 Å². The van der Waals surface area contributed by atoms with Crippen LogP contribution >= 0.6 is 11.3 Å². The number of rotatable bonds is 1. The number of carbonyl (C=O) groups excluding carboxylic acids is 1. The highest BCUT2D eigenvalue weighted by molar-refractivity contribution is 7.22. The van der Waals surface area contributed by atoms with Gasteiger partial charge in [0.2, 0.25) is 5.91 Å². The quantitative estimate of drug-likeness (QED) is 0.835. The second-order valence-corrected chi connectivity index (χ2v) is 5.09. The molecule has 2 heterocycles. The van der Waals surface area contributed by atoms with Crippen LogP contribution in [0.25, 0.3) is 10.2 Å². The van der Waals surface area contributed by atoms with Gasteiger partial charge in [0, 0.05) is 25.1 Å². The molecule has 0 spiro atoms.